The zero-order valence-corrected chi connectivity index (χ0v) is 26.7. The van der Waals surface area contributed by atoms with E-state index in [1.807, 2.05) is 0 Å². The Bertz CT molecular complexity index is 2660. The van der Waals surface area contributed by atoms with Crippen LogP contribution in [0.4, 0.5) is 0 Å². The Morgan fingerprint density at radius 2 is 0.837 bits per heavy atom. The molecule has 1 heterocycles. The molecule has 0 spiro atoms. The number of rotatable bonds is 4. The van der Waals surface area contributed by atoms with Gasteiger partial charge in [-0.2, -0.15) is 0 Å². The van der Waals surface area contributed by atoms with Crippen molar-refractivity contribution in [3.05, 3.63) is 182 Å². The number of benzene rings is 9. The van der Waals surface area contributed by atoms with E-state index in [0.29, 0.717) is 0 Å². The van der Waals surface area contributed by atoms with Crippen LogP contribution in [0.1, 0.15) is 0 Å². The van der Waals surface area contributed by atoms with Gasteiger partial charge in [0.05, 0.1) is 0 Å². The van der Waals surface area contributed by atoms with Crippen molar-refractivity contribution >= 4 is 32.3 Å². The summed E-state index contributed by atoms with van der Waals surface area (Å²) in [6, 6.07) is 65.7. The van der Waals surface area contributed by atoms with Gasteiger partial charge >= 0.3 is 0 Å². The van der Waals surface area contributed by atoms with Crippen LogP contribution in [-0.4, -0.2) is 0 Å². The maximum absolute atomic E-state index is 6.89. The average Bonchev–Trinajstić information content (AvgIpc) is 3.17. The van der Waals surface area contributed by atoms with Crippen molar-refractivity contribution < 1.29 is 4.74 Å². The molecular formula is C48H30O. The van der Waals surface area contributed by atoms with Crippen molar-refractivity contribution in [1.29, 1.82) is 0 Å². The number of hydrogen-bond acceptors (Lipinski definition) is 1. The first-order valence-electron chi connectivity index (χ1n) is 16.9. The van der Waals surface area contributed by atoms with Gasteiger partial charge in [-0.25, -0.2) is 0 Å². The molecule has 0 N–H and O–H groups in total. The van der Waals surface area contributed by atoms with Gasteiger partial charge in [0.15, 0.2) is 0 Å². The first-order chi connectivity index (χ1) is 24.3. The smallest absolute Gasteiger partial charge is 0.143 e. The van der Waals surface area contributed by atoms with Gasteiger partial charge in [0.1, 0.15) is 11.5 Å². The van der Waals surface area contributed by atoms with E-state index in [9.17, 15) is 0 Å². The Kier molecular flexibility index (Phi) is 6.25. The van der Waals surface area contributed by atoms with Crippen molar-refractivity contribution in [3.8, 4) is 67.1 Å². The van der Waals surface area contributed by atoms with Crippen LogP contribution in [0.3, 0.4) is 0 Å². The second-order valence-corrected chi connectivity index (χ2v) is 12.8. The van der Waals surface area contributed by atoms with E-state index in [1.54, 1.807) is 0 Å². The van der Waals surface area contributed by atoms with Crippen molar-refractivity contribution in [2.45, 2.75) is 0 Å². The zero-order valence-electron chi connectivity index (χ0n) is 26.7. The van der Waals surface area contributed by atoms with Crippen LogP contribution in [0.2, 0.25) is 0 Å². The minimum absolute atomic E-state index is 0.906. The number of ether oxygens (including phenoxy) is 1. The molecule has 1 aliphatic heterocycles. The quantitative estimate of drug-likeness (QED) is 0.177. The molecule has 0 bridgehead atoms. The highest BCUT2D eigenvalue weighted by molar-refractivity contribution is 6.23. The van der Waals surface area contributed by atoms with E-state index in [2.05, 4.69) is 182 Å². The molecule has 9 aromatic carbocycles. The molecule has 0 aliphatic carbocycles. The summed E-state index contributed by atoms with van der Waals surface area (Å²) in [6.45, 7) is 0. The van der Waals surface area contributed by atoms with Crippen LogP contribution in [0.5, 0.6) is 11.5 Å². The third kappa shape index (κ3) is 4.33. The molecule has 1 nitrogen and oxygen atoms in total. The molecule has 0 unspecified atom stereocenters. The van der Waals surface area contributed by atoms with Crippen LogP contribution in [0.15, 0.2) is 182 Å². The van der Waals surface area contributed by atoms with Crippen molar-refractivity contribution in [1.82, 2.24) is 0 Å². The molecule has 228 valence electrons. The first kappa shape index (κ1) is 27.7. The molecule has 0 amide bonds. The standard InChI is InChI=1S/C48H30O/c1-3-14-31(15-4-1)34-28-29-35(32-16-5-2-6-17-32)43(30-34)47-38-22-9-7-20-36(38)46(37-21-8-10-23-39(37)47)42-26-13-25-41-40-24-11-18-33-19-12-27-44(45(33)40)49-48(41)42/h1-30H. The third-order valence-corrected chi connectivity index (χ3v) is 10.1. The maximum Gasteiger partial charge on any atom is 0.143 e. The van der Waals surface area contributed by atoms with Crippen molar-refractivity contribution in [2.24, 2.45) is 0 Å². The number of para-hydroxylation sites is 1. The van der Waals surface area contributed by atoms with E-state index >= 15 is 0 Å². The number of fused-ring (bicyclic) bond motifs is 4. The molecule has 0 radical (unpaired) electrons. The highest BCUT2D eigenvalue weighted by atomic mass is 16.5. The fraction of sp³-hybridized carbons (Fsp3) is 0. The molecule has 1 aliphatic rings. The Morgan fingerprint density at radius 1 is 0.306 bits per heavy atom. The second-order valence-electron chi connectivity index (χ2n) is 12.8. The van der Waals surface area contributed by atoms with Gasteiger partial charge in [-0.3, -0.25) is 0 Å². The summed E-state index contributed by atoms with van der Waals surface area (Å²) in [5, 5.41) is 7.21. The van der Waals surface area contributed by atoms with Crippen LogP contribution >= 0.6 is 0 Å². The van der Waals surface area contributed by atoms with E-state index in [-0.39, 0.29) is 0 Å². The third-order valence-electron chi connectivity index (χ3n) is 10.1. The van der Waals surface area contributed by atoms with Crippen molar-refractivity contribution in [2.75, 3.05) is 0 Å². The highest BCUT2D eigenvalue weighted by Gasteiger charge is 2.26. The topological polar surface area (TPSA) is 9.23 Å². The maximum atomic E-state index is 6.89. The monoisotopic (exact) mass is 622 g/mol. The fourth-order valence-corrected chi connectivity index (χ4v) is 7.92. The van der Waals surface area contributed by atoms with Gasteiger partial charge in [-0.1, -0.05) is 170 Å². The summed E-state index contributed by atoms with van der Waals surface area (Å²) < 4.78 is 6.89. The van der Waals surface area contributed by atoms with Gasteiger partial charge in [0.2, 0.25) is 0 Å². The molecule has 49 heavy (non-hydrogen) atoms. The summed E-state index contributed by atoms with van der Waals surface area (Å²) in [4.78, 5) is 0. The molecule has 0 saturated heterocycles. The normalized spacial score (nSPS) is 11.8. The van der Waals surface area contributed by atoms with E-state index in [0.717, 1.165) is 22.6 Å². The van der Waals surface area contributed by atoms with Gasteiger partial charge in [0.25, 0.3) is 0 Å². The fourth-order valence-electron chi connectivity index (χ4n) is 7.92. The summed E-state index contributed by atoms with van der Waals surface area (Å²) in [5.41, 5.74) is 11.9. The second kappa shape index (κ2) is 11.1. The molecular weight excluding hydrogens is 593 g/mol. The summed E-state index contributed by atoms with van der Waals surface area (Å²) >= 11 is 0. The summed E-state index contributed by atoms with van der Waals surface area (Å²) in [5.74, 6) is 1.82. The summed E-state index contributed by atoms with van der Waals surface area (Å²) in [6.07, 6.45) is 0. The highest BCUT2D eigenvalue weighted by Crippen LogP contribution is 2.53. The summed E-state index contributed by atoms with van der Waals surface area (Å²) in [7, 11) is 0. The predicted octanol–water partition coefficient (Wildman–Crippen LogP) is 13.6. The van der Waals surface area contributed by atoms with E-state index in [1.165, 1.54) is 76.8 Å². The van der Waals surface area contributed by atoms with Crippen LogP contribution in [0, 0.1) is 0 Å². The molecule has 0 saturated carbocycles. The van der Waals surface area contributed by atoms with Crippen LogP contribution in [0.25, 0.3) is 88.0 Å². The molecule has 0 atom stereocenters. The Morgan fingerprint density at radius 3 is 1.51 bits per heavy atom. The Hall–Kier alpha value is -6.44. The lowest BCUT2D eigenvalue weighted by atomic mass is 9.82. The lowest BCUT2D eigenvalue weighted by Gasteiger charge is -2.25. The minimum Gasteiger partial charge on any atom is -0.455 e. The molecule has 1 heteroatoms. The van der Waals surface area contributed by atoms with Gasteiger partial charge in [-0.05, 0) is 78.0 Å². The molecule has 0 fully saturated rings. The largest absolute Gasteiger partial charge is 0.455 e. The van der Waals surface area contributed by atoms with Gasteiger partial charge in [0, 0.05) is 22.1 Å². The van der Waals surface area contributed by atoms with Crippen LogP contribution < -0.4 is 4.74 Å². The average molecular weight is 623 g/mol. The van der Waals surface area contributed by atoms with Gasteiger partial charge < -0.3 is 4.74 Å². The van der Waals surface area contributed by atoms with Gasteiger partial charge in [-0.15, -0.1) is 0 Å². The Labute approximate surface area is 285 Å². The van der Waals surface area contributed by atoms with E-state index < -0.39 is 0 Å². The minimum atomic E-state index is 0.906. The first-order valence-corrected chi connectivity index (χ1v) is 16.9. The zero-order chi connectivity index (χ0) is 32.3. The molecule has 9 aromatic rings. The lowest BCUT2D eigenvalue weighted by Crippen LogP contribution is -2.00. The predicted molar refractivity (Wildman–Crippen MR) is 206 cm³/mol. The number of hydrogen-bond donors (Lipinski definition) is 0. The SMILES string of the molecule is c1ccc(-c2ccc(-c3ccccc3)c(-c3c4ccccc4c(-c4cccc5c4Oc4cccc6cccc-5c46)c4ccccc34)c2)cc1. The Balaban J connectivity index is 1.30. The molecule has 0 aromatic heterocycles. The molecule has 10 rings (SSSR count). The van der Waals surface area contributed by atoms with E-state index in [4.69, 9.17) is 4.74 Å². The lowest BCUT2D eigenvalue weighted by molar-refractivity contribution is 0.489. The van der Waals surface area contributed by atoms with Crippen LogP contribution in [-0.2, 0) is 0 Å². The van der Waals surface area contributed by atoms with Crippen molar-refractivity contribution in [3.63, 3.8) is 0 Å².